The third-order valence-electron chi connectivity index (χ3n) is 3.95. The maximum atomic E-state index is 5.44. The van der Waals surface area contributed by atoms with Crippen molar-refractivity contribution >= 4 is 22.9 Å². The maximum absolute atomic E-state index is 5.44. The summed E-state index contributed by atoms with van der Waals surface area (Å²) in [6.45, 7) is 0. The van der Waals surface area contributed by atoms with E-state index in [4.69, 9.17) is 9.47 Å². The fourth-order valence-electron chi connectivity index (χ4n) is 2.68. The van der Waals surface area contributed by atoms with Crippen LogP contribution < -0.4 is 38.0 Å². The highest BCUT2D eigenvalue weighted by Crippen LogP contribution is 2.26. The van der Waals surface area contributed by atoms with Crippen LogP contribution in [0.25, 0.3) is 22.9 Å². The van der Waals surface area contributed by atoms with E-state index in [-0.39, 0.29) is 24.0 Å². The quantitative estimate of drug-likeness (QED) is 0.450. The molecular formula is C20H20INO2. The van der Waals surface area contributed by atoms with Crippen molar-refractivity contribution in [1.29, 1.82) is 0 Å². The molecule has 3 nitrogen and oxygen atoms in total. The van der Waals surface area contributed by atoms with E-state index in [2.05, 4.69) is 60.3 Å². The molecule has 0 saturated heterocycles. The van der Waals surface area contributed by atoms with Crippen molar-refractivity contribution in [3.63, 3.8) is 0 Å². The van der Waals surface area contributed by atoms with Crippen molar-refractivity contribution in [1.82, 2.24) is 0 Å². The van der Waals surface area contributed by atoms with Crippen LogP contribution in [0.15, 0.2) is 54.7 Å². The summed E-state index contributed by atoms with van der Waals surface area (Å²) in [6, 6.07) is 16.3. The van der Waals surface area contributed by atoms with Crippen molar-refractivity contribution in [2.24, 2.45) is 7.05 Å². The Balaban J connectivity index is 0.00000208. The van der Waals surface area contributed by atoms with Gasteiger partial charge in [-0.15, -0.1) is 0 Å². The Kier molecular flexibility index (Phi) is 6.20. The van der Waals surface area contributed by atoms with Crippen LogP contribution in [0.4, 0.5) is 0 Å². The van der Waals surface area contributed by atoms with Crippen molar-refractivity contribution in [2.45, 2.75) is 0 Å². The van der Waals surface area contributed by atoms with E-state index in [0.29, 0.717) is 0 Å². The molecule has 2 aromatic carbocycles. The number of nitrogens with zero attached hydrogens (tertiary/aromatic N) is 1. The van der Waals surface area contributed by atoms with Crippen molar-refractivity contribution in [3.05, 3.63) is 66.0 Å². The van der Waals surface area contributed by atoms with Gasteiger partial charge in [0.15, 0.2) is 6.20 Å². The lowest BCUT2D eigenvalue weighted by Crippen LogP contribution is -3.00. The number of hydrogen-bond acceptors (Lipinski definition) is 2. The number of hydrogen-bond donors (Lipinski definition) is 0. The summed E-state index contributed by atoms with van der Waals surface area (Å²) in [4.78, 5) is 0. The second-order valence-electron chi connectivity index (χ2n) is 5.34. The number of ether oxygens (including phenoxy) is 2. The molecule has 1 aromatic heterocycles. The van der Waals surface area contributed by atoms with E-state index >= 15 is 0 Å². The second kappa shape index (κ2) is 8.15. The SMILES string of the molecule is COc1ccc(OC)c(/C=C\c2c3ccccc3cc[n+]2C)c1.[I-]. The summed E-state index contributed by atoms with van der Waals surface area (Å²) in [5.74, 6) is 1.64. The minimum atomic E-state index is 0. The van der Waals surface area contributed by atoms with Gasteiger partial charge in [0.1, 0.15) is 18.5 Å². The van der Waals surface area contributed by atoms with Crippen LogP contribution in [0.3, 0.4) is 0 Å². The van der Waals surface area contributed by atoms with Gasteiger partial charge in [-0.25, -0.2) is 4.57 Å². The number of fused-ring (bicyclic) bond motifs is 1. The number of methoxy groups -OCH3 is 2. The predicted octanol–water partition coefficient (Wildman–Crippen LogP) is 0.856. The van der Waals surface area contributed by atoms with Gasteiger partial charge in [-0.2, -0.15) is 0 Å². The molecule has 0 fully saturated rings. The van der Waals surface area contributed by atoms with Crippen LogP contribution in [0.1, 0.15) is 11.3 Å². The van der Waals surface area contributed by atoms with Crippen LogP contribution in [0, 0.1) is 0 Å². The van der Waals surface area contributed by atoms with Crippen LogP contribution in [0.2, 0.25) is 0 Å². The molecule has 124 valence electrons. The number of pyridine rings is 1. The van der Waals surface area contributed by atoms with E-state index in [1.807, 2.05) is 18.2 Å². The molecule has 4 heteroatoms. The van der Waals surface area contributed by atoms with E-state index in [1.165, 1.54) is 10.8 Å². The fraction of sp³-hybridized carbons (Fsp3) is 0.150. The molecule has 3 aromatic rings. The Morgan fingerprint density at radius 1 is 0.917 bits per heavy atom. The second-order valence-corrected chi connectivity index (χ2v) is 5.34. The summed E-state index contributed by atoms with van der Waals surface area (Å²) in [5.41, 5.74) is 2.13. The predicted molar refractivity (Wildman–Crippen MR) is 93.6 cm³/mol. The topological polar surface area (TPSA) is 22.3 Å². The molecule has 0 aliphatic carbocycles. The monoisotopic (exact) mass is 433 g/mol. The Labute approximate surface area is 159 Å². The summed E-state index contributed by atoms with van der Waals surface area (Å²) in [7, 11) is 5.39. The molecule has 0 aliphatic rings. The standard InChI is InChI=1S/C20H20NO2.HI/c1-21-13-12-15-6-4-5-7-18(15)19(21)10-8-16-14-17(22-2)9-11-20(16)23-3;/h4-14H,1-3H3;1H/q+1;/p-1/b10-8-;. The van der Waals surface area contributed by atoms with Gasteiger partial charge in [-0.05, 0) is 35.7 Å². The van der Waals surface area contributed by atoms with Gasteiger partial charge in [0.25, 0.3) is 0 Å². The highest BCUT2D eigenvalue weighted by atomic mass is 127. The normalized spacial score (nSPS) is 10.6. The zero-order valence-electron chi connectivity index (χ0n) is 14.0. The smallest absolute Gasteiger partial charge is 0.212 e. The lowest BCUT2D eigenvalue weighted by Gasteiger charge is -2.07. The third kappa shape index (κ3) is 3.70. The summed E-state index contributed by atoms with van der Waals surface area (Å²) in [5, 5.41) is 2.44. The number of halogens is 1. The van der Waals surface area contributed by atoms with E-state index in [1.54, 1.807) is 14.2 Å². The average molecular weight is 433 g/mol. The molecule has 24 heavy (non-hydrogen) atoms. The molecule has 0 atom stereocenters. The lowest BCUT2D eigenvalue weighted by atomic mass is 10.1. The van der Waals surface area contributed by atoms with Crippen molar-refractivity contribution < 1.29 is 38.0 Å². The maximum Gasteiger partial charge on any atom is 0.212 e. The van der Waals surface area contributed by atoms with Gasteiger partial charge in [0, 0.05) is 17.7 Å². The number of aryl methyl sites for hydroxylation is 1. The van der Waals surface area contributed by atoms with E-state index in [9.17, 15) is 0 Å². The first-order chi connectivity index (χ1) is 11.2. The average Bonchev–Trinajstić information content (AvgIpc) is 2.60. The molecule has 1 heterocycles. The van der Waals surface area contributed by atoms with Crippen LogP contribution >= 0.6 is 0 Å². The zero-order chi connectivity index (χ0) is 16.2. The van der Waals surface area contributed by atoms with Crippen LogP contribution in [-0.2, 0) is 7.05 Å². The van der Waals surface area contributed by atoms with Crippen molar-refractivity contribution in [2.75, 3.05) is 14.2 Å². The zero-order valence-corrected chi connectivity index (χ0v) is 16.2. The Morgan fingerprint density at radius 2 is 1.71 bits per heavy atom. The van der Waals surface area contributed by atoms with Gasteiger partial charge in [-0.1, -0.05) is 18.2 Å². The molecular weight excluding hydrogens is 413 g/mol. The first-order valence-corrected chi connectivity index (χ1v) is 7.50. The summed E-state index contributed by atoms with van der Waals surface area (Å²) in [6.07, 6.45) is 6.24. The van der Waals surface area contributed by atoms with Crippen LogP contribution in [0.5, 0.6) is 11.5 Å². The molecule has 0 unspecified atom stereocenters. The highest BCUT2D eigenvalue weighted by Gasteiger charge is 2.09. The minimum Gasteiger partial charge on any atom is -1.00 e. The van der Waals surface area contributed by atoms with Gasteiger partial charge >= 0.3 is 0 Å². The van der Waals surface area contributed by atoms with Gasteiger partial charge < -0.3 is 33.5 Å². The lowest BCUT2D eigenvalue weighted by molar-refractivity contribution is -0.671. The number of benzene rings is 2. The summed E-state index contributed by atoms with van der Waals surface area (Å²) >= 11 is 0. The molecule has 0 N–H and O–H groups in total. The highest BCUT2D eigenvalue weighted by molar-refractivity contribution is 5.90. The van der Waals surface area contributed by atoms with E-state index < -0.39 is 0 Å². The number of aromatic nitrogens is 1. The molecule has 0 saturated carbocycles. The Morgan fingerprint density at radius 3 is 2.46 bits per heavy atom. The molecule has 0 radical (unpaired) electrons. The number of rotatable bonds is 4. The van der Waals surface area contributed by atoms with Gasteiger partial charge in [0.05, 0.1) is 19.6 Å². The van der Waals surface area contributed by atoms with Gasteiger partial charge in [0.2, 0.25) is 5.69 Å². The van der Waals surface area contributed by atoms with Crippen molar-refractivity contribution in [3.8, 4) is 11.5 Å². The molecule has 0 spiro atoms. The van der Waals surface area contributed by atoms with Gasteiger partial charge in [-0.3, -0.25) is 0 Å². The van der Waals surface area contributed by atoms with E-state index in [0.717, 1.165) is 22.8 Å². The van der Waals surface area contributed by atoms with Crippen LogP contribution in [-0.4, -0.2) is 14.2 Å². The largest absolute Gasteiger partial charge is 1.00 e. The molecule has 3 rings (SSSR count). The molecule has 0 amide bonds. The Bertz CT molecular complexity index is 875. The molecule has 0 aliphatic heterocycles. The third-order valence-corrected chi connectivity index (χ3v) is 3.95. The minimum absolute atomic E-state index is 0. The first kappa shape index (κ1) is 18.3. The first-order valence-electron chi connectivity index (χ1n) is 7.50. The summed E-state index contributed by atoms with van der Waals surface area (Å²) < 4.78 is 12.9. The molecule has 0 bridgehead atoms. The fourth-order valence-corrected chi connectivity index (χ4v) is 2.68. The Hall–Kier alpha value is -2.08.